The van der Waals surface area contributed by atoms with E-state index in [2.05, 4.69) is 26.1 Å². The van der Waals surface area contributed by atoms with Crippen LogP contribution in [0.15, 0.2) is 18.2 Å². The molecule has 0 spiro atoms. The normalized spacial score (nSPS) is 14.5. The lowest BCUT2D eigenvalue weighted by Gasteiger charge is -2.24. The first-order chi connectivity index (χ1) is 8.58. The summed E-state index contributed by atoms with van der Waals surface area (Å²) < 4.78 is 13.1. The summed E-state index contributed by atoms with van der Waals surface area (Å²) >= 11 is 0. The second-order valence-electron chi connectivity index (χ2n) is 5.19. The average molecular weight is 251 g/mol. The van der Waals surface area contributed by atoms with E-state index in [1.807, 2.05) is 13.0 Å². The SMILES string of the molecule is CCCNC(C)C(CC)Cc1ccc(F)cc1C. The Hall–Kier alpha value is -0.890. The van der Waals surface area contributed by atoms with Gasteiger partial charge in [-0.2, -0.15) is 0 Å². The van der Waals surface area contributed by atoms with E-state index in [4.69, 9.17) is 0 Å². The summed E-state index contributed by atoms with van der Waals surface area (Å²) in [6.07, 6.45) is 3.34. The van der Waals surface area contributed by atoms with Crippen LogP contribution in [-0.2, 0) is 6.42 Å². The maximum absolute atomic E-state index is 13.1. The largest absolute Gasteiger partial charge is 0.314 e. The lowest BCUT2D eigenvalue weighted by atomic mass is 9.89. The van der Waals surface area contributed by atoms with Crippen LogP contribution >= 0.6 is 0 Å². The zero-order valence-electron chi connectivity index (χ0n) is 12.1. The van der Waals surface area contributed by atoms with Crippen LogP contribution in [0.1, 0.15) is 44.7 Å². The third-order valence-corrected chi connectivity index (χ3v) is 3.73. The molecule has 0 saturated heterocycles. The Balaban J connectivity index is 2.67. The molecular formula is C16H26FN. The Kier molecular flexibility index (Phi) is 6.34. The lowest BCUT2D eigenvalue weighted by Crippen LogP contribution is -2.35. The highest BCUT2D eigenvalue weighted by atomic mass is 19.1. The van der Waals surface area contributed by atoms with Crippen molar-refractivity contribution in [3.8, 4) is 0 Å². The lowest BCUT2D eigenvalue weighted by molar-refractivity contribution is 0.362. The average Bonchev–Trinajstić information content (AvgIpc) is 2.35. The number of hydrogen-bond donors (Lipinski definition) is 1. The third kappa shape index (κ3) is 4.41. The standard InChI is InChI=1S/C16H26FN/c1-5-9-18-13(4)14(6-2)11-15-7-8-16(17)10-12(15)3/h7-8,10,13-14,18H,5-6,9,11H2,1-4H3. The number of benzene rings is 1. The van der Waals surface area contributed by atoms with E-state index in [1.54, 1.807) is 12.1 Å². The van der Waals surface area contributed by atoms with Crippen molar-refractivity contribution in [2.75, 3.05) is 6.54 Å². The first kappa shape index (κ1) is 15.2. The van der Waals surface area contributed by atoms with Crippen LogP contribution in [0.25, 0.3) is 0 Å². The molecule has 2 atom stereocenters. The first-order valence-corrected chi connectivity index (χ1v) is 7.06. The first-order valence-electron chi connectivity index (χ1n) is 7.06. The molecule has 0 bridgehead atoms. The molecule has 0 aliphatic rings. The van der Waals surface area contributed by atoms with Gasteiger partial charge in [0.05, 0.1) is 0 Å². The van der Waals surface area contributed by atoms with Crippen molar-refractivity contribution >= 4 is 0 Å². The molecule has 18 heavy (non-hydrogen) atoms. The fraction of sp³-hybridized carbons (Fsp3) is 0.625. The monoisotopic (exact) mass is 251 g/mol. The Morgan fingerprint density at radius 1 is 1.28 bits per heavy atom. The van der Waals surface area contributed by atoms with E-state index in [-0.39, 0.29) is 5.82 Å². The van der Waals surface area contributed by atoms with Gasteiger partial charge >= 0.3 is 0 Å². The molecule has 1 N–H and O–H groups in total. The van der Waals surface area contributed by atoms with Crippen molar-refractivity contribution in [3.63, 3.8) is 0 Å². The van der Waals surface area contributed by atoms with Crippen LogP contribution in [0.4, 0.5) is 4.39 Å². The fourth-order valence-electron chi connectivity index (χ4n) is 2.38. The van der Waals surface area contributed by atoms with Gasteiger partial charge in [-0.15, -0.1) is 0 Å². The van der Waals surface area contributed by atoms with Crippen LogP contribution < -0.4 is 5.32 Å². The van der Waals surface area contributed by atoms with Crippen LogP contribution in [0.3, 0.4) is 0 Å². The molecule has 0 heterocycles. The van der Waals surface area contributed by atoms with Gasteiger partial charge in [-0.3, -0.25) is 0 Å². The molecule has 0 aromatic heterocycles. The molecule has 0 aliphatic carbocycles. The summed E-state index contributed by atoms with van der Waals surface area (Å²) in [6.45, 7) is 9.73. The second-order valence-corrected chi connectivity index (χ2v) is 5.19. The van der Waals surface area contributed by atoms with E-state index in [0.29, 0.717) is 12.0 Å². The van der Waals surface area contributed by atoms with E-state index in [9.17, 15) is 4.39 Å². The van der Waals surface area contributed by atoms with Gasteiger partial charge in [0.15, 0.2) is 0 Å². The molecule has 0 radical (unpaired) electrons. The molecule has 2 unspecified atom stereocenters. The van der Waals surface area contributed by atoms with Gasteiger partial charge in [-0.25, -0.2) is 4.39 Å². The number of rotatable bonds is 7. The van der Waals surface area contributed by atoms with Crippen molar-refractivity contribution in [2.45, 2.75) is 53.0 Å². The number of nitrogens with one attached hydrogen (secondary N) is 1. The van der Waals surface area contributed by atoms with E-state index in [0.717, 1.165) is 31.4 Å². The zero-order chi connectivity index (χ0) is 13.5. The maximum atomic E-state index is 13.1. The molecule has 0 fully saturated rings. The highest BCUT2D eigenvalue weighted by molar-refractivity contribution is 5.27. The molecule has 1 aromatic carbocycles. The van der Waals surface area contributed by atoms with Crippen LogP contribution in [-0.4, -0.2) is 12.6 Å². The number of hydrogen-bond acceptors (Lipinski definition) is 1. The smallest absolute Gasteiger partial charge is 0.123 e. The van der Waals surface area contributed by atoms with Crippen LogP contribution in [0.5, 0.6) is 0 Å². The highest BCUT2D eigenvalue weighted by Gasteiger charge is 2.16. The molecule has 0 saturated carbocycles. The van der Waals surface area contributed by atoms with Gasteiger partial charge in [0.1, 0.15) is 5.82 Å². The van der Waals surface area contributed by atoms with E-state index < -0.39 is 0 Å². The Morgan fingerprint density at radius 3 is 2.56 bits per heavy atom. The van der Waals surface area contributed by atoms with E-state index in [1.165, 1.54) is 5.56 Å². The number of halogens is 1. The predicted octanol–water partition coefficient (Wildman–Crippen LogP) is 4.09. The highest BCUT2D eigenvalue weighted by Crippen LogP contribution is 2.19. The minimum atomic E-state index is -0.138. The van der Waals surface area contributed by atoms with Crippen molar-refractivity contribution in [1.29, 1.82) is 0 Å². The van der Waals surface area contributed by atoms with Gasteiger partial charge in [0.25, 0.3) is 0 Å². The molecule has 0 amide bonds. The molecule has 1 rings (SSSR count). The summed E-state index contributed by atoms with van der Waals surface area (Å²) in [7, 11) is 0. The Labute approximate surface area is 111 Å². The summed E-state index contributed by atoms with van der Waals surface area (Å²) in [5.74, 6) is 0.474. The van der Waals surface area contributed by atoms with Gasteiger partial charge < -0.3 is 5.32 Å². The third-order valence-electron chi connectivity index (χ3n) is 3.73. The molecule has 0 aliphatic heterocycles. The quantitative estimate of drug-likeness (QED) is 0.769. The van der Waals surface area contributed by atoms with E-state index >= 15 is 0 Å². The summed E-state index contributed by atoms with van der Waals surface area (Å²) in [5.41, 5.74) is 2.34. The van der Waals surface area contributed by atoms with Gasteiger partial charge in [-0.05, 0) is 62.4 Å². The van der Waals surface area contributed by atoms with Crippen molar-refractivity contribution in [3.05, 3.63) is 35.1 Å². The molecule has 1 nitrogen and oxygen atoms in total. The Bertz CT molecular complexity index is 362. The zero-order valence-corrected chi connectivity index (χ0v) is 12.1. The Morgan fingerprint density at radius 2 is 2.00 bits per heavy atom. The minimum absolute atomic E-state index is 0.138. The maximum Gasteiger partial charge on any atom is 0.123 e. The summed E-state index contributed by atoms with van der Waals surface area (Å²) in [4.78, 5) is 0. The minimum Gasteiger partial charge on any atom is -0.314 e. The molecule has 102 valence electrons. The van der Waals surface area contributed by atoms with Crippen molar-refractivity contribution in [1.82, 2.24) is 5.32 Å². The van der Waals surface area contributed by atoms with Gasteiger partial charge in [-0.1, -0.05) is 26.3 Å². The topological polar surface area (TPSA) is 12.0 Å². The number of aryl methyl sites for hydroxylation is 1. The van der Waals surface area contributed by atoms with Crippen molar-refractivity contribution in [2.24, 2.45) is 5.92 Å². The van der Waals surface area contributed by atoms with Crippen molar-refractivity contribution < 1.29 is 4.39 Å². The predicted molar refractivity (Wildman–Crippen MR) is 76.4 cm³/mol. The van der Waals surface area contributed by atoms with Crippen LogP contribution in [0, 0.1) is 18.7 Å². The van der Waals surface area contributed by atoms with Gasteiger partial charge in [0.2, 0.25) is 0 Å². The molecule has 1 aromatic rings. The second kappa shape index (κ2) is 7.52. The fourth-order valence-corrected chi connectivity index (χ4v) is 2.38. The molecule has 2 heteroatoms. The summed E-state index contributed by atoms with van der Waals surface area (Å²) in [6, 6.07) is 5.64. The van der Waals surface area contributed by atoms with Crippen LogP contribution in [0.2, 0.25) is 0 Å². The van der Waals surface area contributed by atoms with Gasteiger partial charge in [0, 0.05) is 6.04 Å². The molecular weight excluding hydrogens is 225 g/mol. The summed E-state index contributed by atoms with van der Waals surface area (Å²) in [5, 5.41) is 3.56.